The van der Waals surface area contributed by atoms with Gasteiger partial charge < -0.3 is 13.7 Å². The molecule has 42 heavy (non-hydrogen) atoms. The number of furan rings is 1. The first-order chi connectivity index (χ1) is 19.6. The zero-order chi connectivity index (χ0) is 30.2. The number of rotatable bonds is 3. The third-order valence-electron chi connectivity index (χ3n) is 9.18. The smallest absolute Gasteiger partial charge is 0.455 e. The van der Waals surface area contributed by atoms with Gasteiger partial charge in [-0.2, -0.15) is 0 Å². The number of hydrogen-bond acceptors (Lipinski definition) is 3. The molecule has 4 heteroatoms. The summed E-state index contributed by atoms with van der Waals surface area (Å²) in [6, 6.07) is 28.2. The molecular weight excluding hydrogens is 515 g/mol. The molecule has 6 rings (SSSR count). The minimum atomic E-state index is -0.555. The Kier molecular flexibility index (Phi) is 6.57. The van der Waals surface area contributed by atoms with Crippen molar-refractivity contribution in [3.8, 4) is 22.3 Å². The third-order valence-corrected chi connectivity index (χ3v) is 9.18. The van der Waals surface area contributed by atoms with Crippen LogP contribution in [0.5, 0.6) is 0 Å². The van der Waals surface area contributed by atoms with Crippen molar-refractivity contribution >= 4 is 34.5 Å². The molecule has 0 aliphatic carbocycles. The molecule has 0 radical (unpaired) electrons. The predicted octanol–water partition coefficient (Wildman–Crippen LogP) is 9.81. The van der Waals surface area contributed by atoms with E-state index in [1.165, 1.54) is 22.3 Å². The van der Waals surface area contributed by atoms with E-state index in [-0.39, 0.29) is 10.8 Å². The van der Waals surface area contributed by atoms with Crippen molar-refractivity contribution in [3.63, 3.8) is 0 Å². The fourth-order valence-electron chi connectivity index (χ4n) is 6.05. The zero-order valence-corrected chi connectivity index (χ0v) is 26.8. The predicted molar refractivity (Wildman–Crippen MR) is 178 cm³/mol. The Balaban J connectivity index is 1.82. The summed E-state index contributed by atoms with van der Waals surface area (Å²) in [7, 11) is -0.555. The van der Waals surface area contributed by atoms with Gasteiger partial charge in [0, 0.05) is 27.4 Å². The van der Waals surface area contributed by atoms with E-state index in [1.807, 2.05) is 0 Å². The first kappa shape index (κ1) is 28.8. The molecule has 2 heterocycles. The Morgan fingerprint density at radius 3 is 1.60 bits per heavy atom. The summed E-state index contributed by atoms with van der Waals surface area (Å²) in [5, 5.41) is 2.18. The molecule has 0 amide bonds. The van der Waals surface area contributed by atoms with E-state index in [4.69, 9.17) is 13.7 Å². The van der Waals surface area contributed by atoms with Crippen LogP contribution in [0.4, 0.5) is 0 Å². The molecule has 1 fully saturated rings. The molecule has 4 aromatic carbocycles. The van der Waals surface area contributed by atoms with Gasteiger partial charge in [0.25, 0.3) is 0 Å². The Bertz CT molecular complexity index is 1770. The summed E-state index contributed by atoms with van der Waals surface area (Å²) in [6.07, 6.45) is 0. The van der Waals surface area contributed by atoms with Gasteiger partial charge in [-0.05, 0) is 79.0 Å². The molecular formula is C38H43BO3. The minimum Gasteiger partial charge on any atom is -0.455 e. The second-order valence-electron chi connectivity index (χ2n) is 14.9. The summed E-state index contributed by atoms with van der Waals surface area (Å²) in [6.45, 7) is 22.1. The fourth-order valence-corrected chi connectivity index (χ4v) is 6.05. The number of fused-ring (bicyclic) bond motifs is 3. The molecule has 1 aliphatic heterocycles. The van der Waals surface area contributed by atoms with Crippen LogP contribution in [-0.4, -0.2) is 18.3 Å². The van der Waals surface area contributed by atoms with Crippen LogP contribution in [0.25, 0.3) is 44.2 Å². The third kappa shape index (κ3) is 4.70. The molecule has 5 aromatic rings. The van der Waals surface area contributed by atoms with E-state index in [0.29, 0.717) is 0 Å². The first-order valence-electron chi connectivity index (χ1n) is 15.1. The van der Waals surface area contributed by atoms with Crippen LogP contribution in [0.3, 0.4) is 0 Å². The maximum Gasteiger partial charge on any atom is 0.496 e. The van der Waals surface area contributed by atoms with Gasteiger partial charge >= 0.3 is 7.12 Å². The van der Waals surface area contributed by atoms with Crippen molar-refractivity contribution in [3.05, 3.63) is 90.0 Å². The van der Waals surface area contributed by atoms with Crippen molar-refractivity contribution in [1.29, 1.82) is 0 Å². The van der Waals surface area contributed by atoms with Gasteiger partial charge in [0.1, 0.15) is 11.2 Å². The van der Waals surface area contributed by atoms with E-state index >= 15 is 0 Å². The van der Waals surface area contributed by atoms with Crippen molar-refractivity contribution in [2.45, 2.75) is 91.3 Å². The molecule has 0 bridgehead atoms. The summed E-state index contributed by atoms with van der Waals surface area (Å²) in [5.74, 6) is 0. The van der Waals surface area contributed by atoms with Crippen LogP contribution < -0.4 is 5.46 Å². The summed E-state index contributed by atoms with van der Waals surface area (Å²) in [5.41, 5.74) is 8.62. The standard InChI is InChI=1S/C38H43BO3/c1-35(2,3)29-22-26(24-17-13-11-14-18-24)21-28-31-32(39-41-37(7,8)38(9,10)42-39)27(25-19-15-12-16-20-25)23-30(36(4,5)6)34(31)40-33(28)29/h11-23H,1-10H3. The SMILES string of the molecule is CC(C)(C)c1cc(-c2ccccc2)cc2c1oc1c(C(C)(C)C)cc(-c3ccccc3)c(B3OC(C)(C)C(C)(C)O3)c12. The lowest BCUT2D eigenvalue weighted by molar-refractivity contribution is 0.00578. The molecule has 0 saturated carbocycles. The second kappa shape index (κ2) is 9.59. The molecule has 1 aliphatic rings. The first-order valence-corrected chi connectivity index (χ1v) is 15.1. The summed E-state index contributed by atoms with van der Waals surface area (Å²) < 4.78 is 20.7. The molecule has 0 N–H and O–H groups in total. The van der Waals surface area contributed by atoms with E-state index in [2.05, 4.69) is 148 Å². The van der Waals surface area contributed by atoms with Gasteiger partial charge in [0.15, 0.2) is 0 Å². The average molecular weight is 559 g/mol. The normalized spacial score (nSPS) is 17.0. The van der Waals surface area contributed by atoms with Gasteiger partial charge in [-0.3, -0.25) is 0 Å². The van der Waals surface area contributed by atoms with Crippen LogP contribution in [0.2, 0.25) is 0 Å². The summed E-state index contributed by atoms with van der Waals surface area (Å²) >= 11 is 0. The molecule has 1 saturated heterocycles. The van der Waals surface area contributed by atoms with E-state index in [1.54, 1.807) is 0 Å². The average Bonchev–Trinajstić information content (AvgIpc) is 3.39. The topological polar surface area (TPSA) is 31.6 Å². The second-order valence-corrected chi connectivity index (χ2v) is 14.9. The highest BCUT2D eigenvalue weighted by atomic mass is 16.7. The number of hydrogen-bond donors (Lipinski definition) is 0. The van der Waals surface area contributed by atoms with Gasteiger partial charge in [-0.1, -0.05) is 102 Å². The molecule has 216 valence electrons. The highest BCUT2D eigenvalue weighted by Crippen LogP contribution is 2.45. The Morgan fingerprint density at radius 2 is 1.07 bits per heavy atom. The molecule has 3 nitrogen and oxygen atoms in total. The minimum absolute atomic E-state index is 0.133. The monoisotopic (exact) mass is 558 g/mol. The van der Waals surface area contributed by atoms with Crippen LogP contribution >= 0.6 is 0 Å². The fraction of sp³-hybridized carbons (Fsp3) is 0.368. The Hall–Kier alpha value is -3.34. The zero-order valence-electron chi connectivity index (χ0n) is 26.8. The number of benzene rings is 4. The Morgan fingerprint density at radius 1 is 0.571 bits per heavy atom. The van der Waals surface area contributed by atoms with E-state index in [9.17, 15) is 0 Å². The highest BCUT2D eigenvalue weighted by molar-refractivity contribution is 6.68. The lowest BCUT2D eigenvalue weighted by Gasteiger charge is -2.32. The lowest BCUT2D eigenvalue weighted by Crippen LogP contribution is -2.41. The molecule has 0 atom stereocenters. The maximum atomic E-state index is 7.04. The Labute approximate surface area is 251 Å². The van der Waals surface area contributed by atoms with Gasteiger partial charge in [0.2, 0.25) is 0 Å². The van der Waals surface area contributed by atoms with Gasteiger partial charge in [-0.15, -0.1) is 0 Å². The van der Waals surface area contributed by atoms with Crippen molar-refractivity contribution in [2.24, 2.45) is 0 Å². The van der Waals surface area contributed by atoms with E-state index < -0.39 is 18.3 Å². The van der Waals surface area contributed by atoms with Gasteiger partial charge in [-0.25, -0.2) is 0 Å². The quantitative estimate of drug-likeness (QED) is 0.207. The molecule has 0 spiro atoms. The molecule has 0 unspecified atom stereocenters. The van der Waals surface area contributed by atoms with Crippen molar-refractivity contribution in [1.82, 2.24) is 0 Å². The lowest BCUT2D eigenvalue weighted by atomic mass is 9.69. The van der Waals surface area contributed by atoms with Crippen molar-refractivity contribution < 1.29 is 13.7 Å². The highest BCUT2D eigenvalue weighted by Gasteiger charge is 2.53. The van der Waals surface area contributed by atoms with Crippen LogP contribution in [0.1, 0.15) is 80.4 Å². The molecule has 1 aromatic heterocycles. The van der Waals surface area contributed by atoms with E-state index in [0.717, 1.165) is 38.5 Å². The summed E-state index contributed by atoms with van der Waals surface area (Å²) in [4.78, 5) is 0. The van der Waals surface area contributed by atoms with Crippen LogP contribution in [-0.2, 0) is 20.1 Å². The largest absolute Gasteiger partial charge is 0.496 e. The van der Waals surface area contributed by atoms with Crippen molar-refractivity contribution in [2.75, 3.05) is 0 Å². The van der Waals surface area contributed by atoms with Crippen LogP contribution in [0.15, 0.2) is 83.3 Å². The van der Waals surface area contributed by atoms with Crippen LogP contribution in [0, 0.1) is 0 Å². The van der Waals surface area contributed by atoms with Gasteiger partial charge in [0.05, 0.1) is 11.2 Å². The maximum absolute atomic E-state index is 7.04.